The zero-order valence-electron chi connectivity index (χ0n) is 17.0. The van der Waals surface area contributed by atoms with Crippen LogP contribution in [0.3, 0.4) is 0 Å². The van der Waals surface area contributed by atoms with Crippen LogP contribution in [0.25, 0.3) is 0 Å². The van der Waals surface area contributed by atoms with Crippen LogP contribution in [0, 0.1) is 11.8 Å². The molecule has 3 rings (SSSR count). The summed E-state index contributed by atoms with van der Waals surface area (Å²) in [4.78, 5) is 38.9. The monoisotopic (exact) mass is 412 g/mol. The number of hydrogen-bond donors (Lipinski definition) is 3. The van der Waals surface area contributed by atoms with Crippen molar-refractivity contribution in [1.29, 1.82) is 0 Å². The average molecular weight is 413 g/mol. The van der Waals surface area contributed by atoms with Crippen LogP contribution in [0.2, 0.25) is 0 Å². The average Bonchev–Trinajstić information content (AvgIpc) is 3.00. The molecule has 0 aromatic rings. The predicted molar refractivity (Wildman–Crippen MR) is 105 cm³/mol. The van der Waals surface area contributed by atoms with E-state index in [0.29, 0.717) is 22.4 Å². The van der Waals surface area contributed by atoms with E-state index in [-0.39, 0.29) is 40.8 Å². The van der Waals surface area contributed by atoms with Gasteiger partial charge in [-0.25, -0.2) is 4.79 Å². The molecule has 28 heavy (non-hydrogen) atoms. The van der Waals surface area contributed by atoms with Gasteiger partial charge in [-0.05, 0) is 13.8 Å². The van der Waals surface area contributed by atoms with Crippen molar-refractivity contribution < 1.29 is 29.1 Å². The number of aliphatic hydroxyl groups excluding tert-OH is 1. The maximum Gasteiger partial charge on any atom is 0.353 e. The lowest BCUT2D eigenvalue weighted by molar-refractivity contribution is -0.892. The van der Waals surface area contributed by atoms with Crippen molar-refractivity contribution in [3.05, 3.63) is 10.6 Å². The van der Waals surface area contributed by atoms with E-state index in [1.165, 1.54) is 16.7 Å². The number of aliphatic hydroxyl groups is 1. The van der Waals surface area contributed by atoms with Gasteiger partial charge in [-0.2, -0.15) is 0 Å². The second-order valence-corrected chi connectivity index (χ2v) is 9.96. The number of carbonyl (C=O) groups is 3. The van der Waals surface area contributed by atoms with Crippen LogP contribution in [0.5, 0.6) is 0 Å². The highest BCUT2D eigenvalue weighted by Gasteiger charge is 2.60. The summed E-state index contributed by atoms with van der Waals surface area (Å²) < 4.78 is 0.552. The number of rotatable bonds is 6. The molecule has 3 N–H and O–H groups in total. The summed E-state index contributed by atoms with van der Waals surface area (Å²) in [6.07, 6.45) is -0.148. The number of quaternary nitrogens is 1. The van der Waals surface area contributed by atoms with E-state index in [2.05, 4.69) is 5.32 Å². The molecule has 3 aliphatic heterocycles. The highest BCUT2D eigenvalue weighted by Crippen LogP contribution is 2.52. The number of fused-ring (bicyclic) bond motifs is 1. The molecule has 156 valence electrons. The van der Waals surface area contributed by atoms with Crippen LogP contribution in [0.15, 0.2) is 10.6 Å². The Balaban J connectivity index is 1.83. The lowest BCUT2D eigenvalue weighted by atomic mass is 9.79. The molecule has 3 heterocycles. The first-order chi connectivity index (χ1) is 13.0. The predicted octanol–water partition coefficient (Wildman–Crippen LogP) is 0.227. The molecule has 3 aliphatic rings. The number of likely N-dealkylation sites (tertiary alicyclic amines) is 1. The van der Waals surface area contributed by atoms with Gasteiger partial charge in [0, 0.05) is 23.8 Å². The zero-order valence-corrected chi connectivity index (χ0v) is 17.8. The maximum atomic E-state index is 12.4. The number of amides is 2. The number of carbonyl (C=O) groups excluding carboxylic acids is 2. The normalized spacial score (nSPS) is 34.9. The number of carboxylic acids is 1. The number of thioether (sulfide) groups is 1. The Morgan fingerprint density at radius 3 is 2.57 bits per heavy atom. The summed E-state index contributed by atoms with van der Waals surface area (Å²) >= 11 is 1.49. The molecule has 6 atom stereocenters. The Morgan fingerprint density at radius 1 is 1.39 bits per heavy atom. The van der Waals surface area contributed by atoms with Crippen molar-refractivity contribution in [2.24, 2.45) is 11.8 Å². The summed E-state index contributed by atoms with van der Waals surface area (Å²) in [7, 11) is 4.04. The van der Waals surface area contributed by atoms with Crippen molar-refractivity contribution in [1.82, 2.24) is 10.2 Å². The van der Waals surface area contributed by atoms with Crippen LogP contribution in [-0.2, 0) is 14.4 Å². The number of nitrogens with one attached hydrogen (secondary N) is 1. The van der Waals surface area contributed by atoms with Gasteiger partial charge in [0.15, 0.2) is 6.04 Å². The van der Waals surface area contributed by atoms with Gasteiger partial charge in [-0.3, -0.25) is 9.59 Å². The highest BCUT2D eigenvalue weighted by molar-refractivity contribution is 8.03. The van der Waals surface area contributed by atoms with Gasteiger partial charge in [0.05, 0.1) is 44.0 Å². The van der Waals surface area contributed by atoms with Crippen LogP contribution >= 0.6 is 11.8 Å². The second-order valence-electron chi connectivity index (χ2n) is 8.62. The standard InChI is InChI=1S/C19H29N3O5S/c1-6-20-17(24)12-7-11(8-22(12,4)5)28-16-9(2)14-13(10(3)23)18(25)21(14)15(16)19(26)27/h9-14,23H,6-8H2,1-5H3,(H-,20,24,26,27)/p+1/t9?,10?,11?,12?,13?,14-/m0/s1. The van der Waals surface area contributed by atoms with Crippen LogP contribution < -0.4 is 5.32 Å². The molecule has 5 unspecified atom stereocenters. The molecular formula is C19H30N3O5S+. The first kappa shape index (κ1) is 21.1. The maximum absolute atomic E-state index is 12.4. The minimum absolute atomic E-state index is 0.0238. The van der Waals surface area contributed by atoms with Gasteiger partial charge in [0.25, 0.3) is 5.91 Å². The third-order valence-electron chi connectivity index (χ3n) is 6.26. The molecule has 0 bridgehead atoms. The first-order valence-electron chi connectivity index (χ1n) is 9.76. The van der Waals surface area contributed by atoms with Crippen LogP contribution in [0.1, 0.15) is 27.2 Å². The fraction of sp³-hybridized carbons (Fsp3) is 0.737. The number of β-lactam (4-membered cyclic amide) rings is 1. The minimum Gasteiger partial charge on any atom is -0.477 e. The lowest BCUT2D eigenvalue weighted by Gasteiger charge is -2.46. The Bertz CT molecular complexity index is 735. The topological polar surface area (TPSA) is 107 Å². The number of carboxylic acid groups (broad SMARTS) is 1. The smallest absolute Gasteiger partial charge is 0.353 e. The summed E-state index contributed by atoms with van der Waals surface area (Å²) in [5.74, 6) is -2.10. The summed E-state index contributed by atoms with van der Waals surface area (Å²) in [5, 5.41) is 22.7. The van der Waals surface area contributed by atoms with Crippen LogP contribution in [0.4, 0.5) is 0 Å². The number of nitrogens with zero attached hydrogens (tertiary/aromatic N) is 2. The van der Waals surface area contributed by atoms with Crippen LogP contribution in [-0.4, -0.2) is 88.0 Å². The number of likely N-dealkylation sites (N-methyl/N-ethyl adjacent to an activating group) is 2. The fourth-order valence-electron chi connectivity index (χ4n) is 4.92. The molecule has 0 aromatic heterocycles. The SMILES string of the molecule is CCNC(=O)C1CC(SC2=C(C(=O)O)N3C(=O)C(C(C)O)[C@@H]3C2C)C[N+]1(C)C. The first-order valence-corrected chi connectivity index (χ1v) is 10.6. The van der Waals surface area contributed by atoms with Gasteiger partial charge in [-0.1, -0.05) is 6.92 Å². The molecule has 0 saturated carbocycles. The summed E-state index contributed by atoms with van der Waals surface area (Å²) in [6, 6.07) is -0.476. The molecule has 2 amide bonds. The third-order valence-corrected chi connectivity index (χ3v) is 7.76. The van der Waals surface area contributed by atoms with E-state index in [4.69, 9.17) is 0 Å². The van der Waals surface area contributed by atoms with Crippen molar-refractivity contribution in [2.75, 3.05) is 27.2 Å². The molecule has 0 aromatic carbocycles. The molecule has 2 saturated heterocycles. The van der Waals surface area contributed by atoms with E-state index >= 15 is 0 Å². The highest BCUT2D eigenvalue weighted by atomic mass is 32.2. The fourth-order valence-corrected chi connectivity index (χ4v) is 6.67. The van der Waals surface area contributed by atoms with E-state index in [0.717, 1.165) is 6.54 Å². The Kier molecular flexibility index (Phi) is 5.55. The van der Waals surface area contributed by atoms with Crippen molar-refractivity contribution in [3.8, 4) is 0 Å². The van der Waals surface area contributed by atoms with E-state index < -0.39 is 18.0 Å². The molecule has 8 nitrogen and oxygen atoms in total. The quantitative estimate of drug-likeness (QED) is 0.426. The van der Waals surface area contributed by atoms with Gasteiger partial charge in [0.1, 0.15) is 5.70 Å². The zero-order chi connectivity index (χ0) is 21.0. The van der Waals surface area contributed by atoms with Crippen molar-refractivity contribution in [3.63, 3.8) is 0 Å². The van der Waals surface area contributed by atoms with E-state index in [1.54, 1.807) is 6.92 Å². The van der Waals surface area contributed by atoms with Crippen molar-refractivity contribution >= 4 is 29.5 Å². The van der Waals surface area contributed by atoms with Crippen molar-refractivity contribution in [2.45, 2.75) is 50.6 Å². The van der Waals surface area contributed by atoms with E-state index in [1.807, 2.05) is 27.9 Å². The molecule has 0 spiro atoms. The Morgan fingerprint density at radius 2 is 2.04 bits per heavy atom. The van der Waals surface area contributed by atoms with Gasteiger partial charge in [0.2, 0.25) is 5.91 Å². The Hall–Kier alpha value is -1.58. The lowest BCUT2D eigenvalue weighted by Crippen LogP contribution is -2.63. The molecular weight excluding hydrogens is 382 g/mol. The summed E-state index contributed by atoms with van der Waals surface area (Å²) in [6.45, 7) is 6.72. The van der Waals surface area contributed by atoms with E-state index in [9.17, 15) is 24.6 Å². The Labute approximate surface area is 169 Å². The number of aliphatic carboxylic acids is 1. The van der Waals surface area contributed by atoms with Gasteiger partial charge >= 0.3 is 5.97 Å². The molecule has 9 heteroatoms. The van der Waals surface area contributed by atoms with Gasteiger partial charge in [-0.15, -0.1) is 11.8 Å². The third kappa shape index (κ3) is 3.23. The molecule has 0 radical (unpaired) electrons. The molecule has 2 fully saturated rings. The minimum atomic E-state index is -1.11. The largest absolute Gasteiger partial charge is 0.477 e. The summed E-state index contributed by atoms with van der Waals surface area (Å²) in [5.41, 5.74) is 0.0520. The number of hydrogen-bond acceptors (Lipinski definition) is 5. The molecule has 0 aliphatic carbocycles. The van der Waals surface area contributed by atoms with Gasteiger partial charge < -0.3 is 24.9 Å². The second kappa shape index (κ2) is 7.35.